The Bertz CT molecular complexity index is 1300. The third kappa shape index (κ3) is 4.05. The topological polar surface area (TPSA) is 116 Å². The molecule has 3 N–H and O–H groups in total. The summed E-state index contributed by atoms with van der Waals surface area (Å²) < 4.78 is 5.16. The Kier molecular flexibility index (Phi) is 5.29. The maximum absolute atomic E-state index is 12.9. The van der Waals surface area contributed by atoms with E-state index in [4.69, 9.17) is 4.74 Å². The van der Waals surface area contributed by atoms with E-state index in [9.17, 15) is 14.4 Å². The summed E-state index contributed by atoms with van der Waals surface area (Å²) in [5.74, 6) is -0.465. The summed E-state index contributed by atoms with van der Waals surface area (Å²) >= 11 is 0. The molecule has 33 heavy (non-hydrogen) atoms. The number of amides is 2. The van der Waals surface area contributed by atoms with Gasteiger partial charge >= 0.3 is 0 Å². The van der Waals surface area contributed by atoms with Crippen LogP contribution in [0.1, 0.15) is 29.0 Å². The van der Waals surface area contributed by atoms with Crippen LogP contribution in [0.3, 0.4) is 0 Å². The average molecular weight is 445 g/mol. The summed E-state index contributed by atoms with van der Waals surface area (Å²) in [6, 6.07) is 15.1. The molecule has 0 fully saturated rings. The molecule has 5 rings (SSSR count). The summed E-state index contributed by atoms with van der Waals surface area (Å²) in [6.45, 7) is 1.33. The van der Waals surface area contributed by atoms with Crippen molar-refractivity contribution >= 4 is 29.3 Å². The number of nitrogens with zero attached hydrogens (tertiary/aromatic N) is 2. The van der Waals surface area contributed by atoms with E-state index in [0.717, 1.165) is 6.42 Å². The number of aromatic nitrogens is 2. The maximum atomic E-state index is 12.9. The molecule has 3 heterocycles. The molecule has 0 radical (unpaired) electrons. The molecule has 0 bridgehead atoms. The van der Waals surface area contributed by atoms with E-state index in [0.29, 0.717) is 30.5 Å². The standard InChI is InChI=1S/C24H23N5O4/c1-33-17-8-4-7-16(11-17)25-19(30)12-18-20-21(26-22(18)31)27-24(28-23(20)32)29-10-9-14-5-2-3-6-15(14)13-29/h2-8,11,18H,9-10,12-13H2,1H3,(H,25,30)(H2,26,27,28,31,32)/t18-/m1/s1. The van der Waals surface area contributed by atoms with Crippen LogP contribution < -0.4 is 25.8 Å². The van der Waals surface area contributed by atoms with Gasteiger partial charge in [0.25, 0.3) is 5.56 Å². The summed E-state index contributed by atoms with van der Waals surface area (Å²) in [7, 11) is 1.54. The van der Waals surface area contributed by atoms with E-state index in [2.05, 4.69) is 32.7 Å². The smallest absolute Gasteiger partial charge is 0.258 e. The van der Waals surface area contributed by atoms with E-state index in [1.807, 2.05) is 17.0 Å². The molecular formula is C24H23N5O4. The van der Waals surface area contributed by atoms with Crippen molar-refractivity contribution in [2.75, 3.05) is 29.2 Å². The Morgan fingerprint density at radius 2 is 2.00 bits per heavy atom. The number of H-pyrrole nitrogens is 1. The number of hydrogen-bond acceptors (Lipinski definition) is 6. The molecule has 168 valence electrons. The molecule has 1 atom stereocenters. The van der Waals surface area contributed by atoms with Crippen LogP contribution in [0.5, 0.6) is 5.75 Å². The predicted molar refractivity (Wildman–Crippen MR) is 124 cm³/mol. The normalized spacial score (nSPS) is 16.6. The second kappa shape index (κ2) is 8.42. The minimum absolute atomic E-state index is 0.169. The number of fused-ring (bicyclic) bond motifs is 2. The zero-order valence-corrected chi connectivity index (χ0v) is 18.1. The van der Waals surface area contributed by atoms with Crippen LogP contribution in [0.4, 0.5) is 17.5 Å². The second-order valence-corrected chi connectivity index (χ2v) is 8.12. The minimum atomic E-state index is -0.905. The van der Waals surface area contributed by atoms with E-state index >= 15 is 0 Å². The highest BCUT2D eigenvalue weighted by Gasteiger charge is 2.37. The van der Waals surface area contributed by atoms with Gasteiger partial charge in [0.1, 0.15) is 11.6 Å². The SMILES string of the molecule is COc1cccc(NC(=O)C[C@H]2C(=O)Nc3nc(N4CCc5ccccc5C4)[nH]c(=O)c32)c1. The largest absolute Gasteiger partial charge is 0.497 e. The third-order valence-electron chi connectivity index (χ3n) is 6.02. The van der Waals surface area contributed by atoms with Crippen LogP contribution in [-0.2, 0) is 22.6 Å². The van der Waals surface area contributed by atoms with Gasteiger partial charge < -0.3 is 20.3 Å². The molecule has 0 spiro atoms. The zero-order valence-electron chi connectivity index (χ0n) is 18.1. The molecule has 2 aliphatic heterocycles. The fourth-order valence-electron chi connectivity index (χ4n) is 4.34. The van der Waals surface area contributed by atoms with Crippen molar-refractivity contribution in [3.63, 3.8) is 0 Å². The average Bonchev–Trinajstić information content (AvgIpc) is 3.13. The first-order chi connectivity index (χ1) is 16.0. The molecule has 9 heteroatoms. The molecule has 0 saturated heterocycles. The number of carbonyl (C=O) groups is 2. The number of methoxy groups -OCH3 is 1. The number of anilines is 3. The van der Waals surface area contributed by atoms with Crippen LogP contribution in [-0.4, -0.2) is 35.4 Å². The third-order valence-corrected chi connectivity index (χ3v) is 6.02. The number of ether oxygens (including phenoxy) is 1. The Morgan fingerprint density at radius 1 is 1.18 bits per heavy atom. The van der Waals surface area contributed by atoms with Crippen molar-refractivity contribution in [3.8, 4) is 5.75 Å². The molecule has 0 unspecified atom stereocenters. The first-order valence-corrected chi connectivity index (χ1v) is 10.7. The lowest BCUT2D eigenvalue weighted by molar-refractivity contribution is -0.122. The zero-order chi connectivity index (χ0) is 22.9. The van der Waals surface area contributed by atoms with Crippen LogP contribution >= 0.6 is 0 Å². The maximum Gasteiger partial charge on any atom is 0.258 e. The minimum Gasteiger partial charge on any atom is -0.497 e. The summed E-state index contributed by atoms with van der Waals surface area (Å²) in [5, 5.41) is 5.42. The van der Waals surface area contributed by atoms with Crippen molar-refractivity contribution in [3.05, 3.63) is 75.6 Å². The number of nitrogens with one attached hydrogen (secondary N) is 3. The predicted octanol–water partition coefficient (Wildman–Crippen LogP) is 2.41. The lowest BCUT2D eigenvalue weighted by Crippen LogP contribution is -2.33. The van der Waals surface area contributed by atoms with Crippen LogP contribution in [0.2, 0.25) is 0 Å². The monoisotopic (exact) mass is 445 g/mol. The van der Waals surface area contributed by atoms with E-state index < -0.39 is 17.4 Å². The van der Waals surface area contributed by atoms with E-state index in [-0.39, 0.29) is 23.7 Å². The molecular weight excluding hydrogens is 422 g/mol. The van der Waals surface area contributed by atoms with Gasteiger partial charge in [-0.05, 0) is 29.7 Å². The molecule has 0 aliphatic carbocycles. The molecule has 1 aromatic heterocycles. The van der Waals surface area contributed by atoms with Gasteiger partial charge in [0.15, 0.2) is 0 Å². The van der Waals surface area contributed by atoms with E-state index in [1.165, 1.54) is 18.2 Å². The van der Waals surface area contributed by atoms with Crippen LogP contribution in [0.15, 0.2) is 53.3 Å². The second-order valence-electron chi connectivity index (χ2n) is 8.12. The fourth-order valence-corrected chi connectivity index (χ4v) is 4.34. The Morgan fingerprint density at radius 3 is 2.82 bits per heavy atom. The molecule has 2 aliphatic rings. The highest BCUT2D eigenvalue weighted by Crippen LogP contribution is 2.32. The Hall–Kier alpha value is -4.14. The highest BCUT2D eigenvalue weighted by atomic mass is 16.5. The first kappa shape index (κ1) is 20.7. The number of aromatic amines is 1. The fraction of sp³-hybridized carbons (Fsp3) is 0.250. The number of rotatable bonds is 5. The number of carbonyl (C=O) groups excluding carboxylic acids is 2. The van der Waals surface area contributed by atoms with Gasteiger partial charge in [-0.1, -0.05) is 30.3 Å². The summed E-state index contributed by atoms with van der Waals surface area (Å²) in [5.41, 5.74) is 2.80. The van der Waals surface area contributed by atoms with Crippen molar-refractivity contribution < 1.29 is 14.3 Å². The lowest BCUT2D eigenvalue weighted by atomic mass is 9.99. The van der Waals surface area contributed by atoms with Gasteiger partial charge in [0.2, 0.25) is 17.8 Å². The molecule has 9 nitrogen and oxygen atoms in total. The summed E-state index contributed by atoms with van der Waals surface area (Å²) in [6.07, 6.45) is 0.674. The highest BCUT2D eigenvalue weighted by molar-refractivity contribution is 6.05. The van der Waals surface area contributed by atoms with Crippen LogP contribution in [0, 0.1) is 0 Å². The Labute approximate surface area is 189 Å². The van der Waals surface area contributed by atoms with Gasteiger partial charge in [0, 0.05) is 31.3 Å². The van der Waals surface area contributed by atoms with Gasteiger partial charge in [-0.15, -0.1) is 0 Å². The van der Waals surface area contributed by atoms with Crippen molar-refractivity contribution in [1.82, 2.24) is 9.97 Å². The van der Waals surface area contributed by atoms with Gasteiger partial charge in [-0.25, -0.2) is 0 Å². The number of hydrogen-bond donors (Lipinski definition) is 3. The summed E-state index contributed by atoms with van der Waals surface area (Å²) in [4.78, 5) is 47.5. The lowest BCUT2D eigenvalue weighted by Gasteiger charge is -2.29. The molecule has 3 aromatic rings. The van der Waals surface area contributed by atoms with Crippen molar-refractivity contribution in [1.29, 1.82) is 0 Å². The van der Waals surface area contributed by atoms with Gasteiger partial charge in [0.05, 0.1) is 18.6 Å². The van der Waals surface area contributed by atoms with Gasteiger partial charge in [-0.2, -0.15) is 4.98 Å². The quantitative estimate of drug-likeness (QED) is 0.555. The van der Waals surface area contributed by atoms with Gasteiger partial charge in [-0.3, -0.25) is 19.4 Å². The molecule has 2 aromatic carbocycles. The Balaban J connectivity index is 1.34. The number of benzene rings is 2. The molecule has 2 amide bonds. The van der Waals surface area contributed by atoms with Crippen LogP contribution in [0.25, 0.3) is 0 Å². The van der Waals surface area contributed by atoms with E-state index in [1.54, 1.807) is 24.3 Å². The first-order valence-electron chi connectivity index (χ1n) is 10.7. The van der Waals surface area contributed by atoms with Crippen molar-refractivity contribution in [2.45, 2.75) is 25.3 Å². The molecule has 0 saturated carbocycles. The van der Waals surface area contributed by atoms with Crippen molar-refractivity contribution in [2.24, 2.45) is 0 Å².